The molecule has 0 spiro atoms. The van der Waals surface area contributed by atoms with Crippen molar-refractivity contribution in [3.05, 3.63) is 23.5 Å². The van der Waals surface area contributed by atoms with Crippen LogP contribution in [0.25, 0.3) is 0 Å². The molecule has 1 saturated heterocycles. The van der Waals surface area contributed by atoms with Gasteiger partial charge in [0, 0.05) is 12.2 Å². The molecular formula is C12H17FN2O4S. The average molecular weight is 304 g/mol. The predicted octanol–water partition coefficient (Wildman–Crippen LogP) is 0.0981. The minimum absolute atomic E-state index is 0.0703. The van der Waals surface area contributed by atoms with Crippen LogP contribution in [0.1, 0.15) is 5.56 Å². The molecule has 0 aliphatic carbocycles. The number of hydrogen-bond acceptors (Lipinski definition) is 5. The van der Waals surface area contributed by atoms with Crippen molar-refractivity contribution in [1.29, 1.82) is 0 Å². The van der Waals surface area contributed by atoms with E-state index in [0.717, 1.165) is 10.4 Å². The first-order chi connectivity index (χ1) is 9.37. The van der Waals surface area contributed by atoms with E-state index in [4.69, 9.17) is 10.5 Å². The number of benzene rings is 1. The quantitative estimate of drug-likeness (QED) is 0.773. The zero-order valence-electron chi connectivity index (χ0n) is 11.0. The van der Waals surface area contributed by atoms with Crippen LogP contribution >= 0.6 is 0 Å². The molecule has 0 bridgehead atoms. The van der Waals surface area contributed by atoms with E-state index in [9.17, 15) is 17.9 Å². The van der Waals surface area contributed by atoms with Crippen molar-refractivity contribution < 1.29 is 22.7 Å². The number of aryl methyl sites for hydroxylation is 1. The van der Waals surface area contributed by atoms with Crippen LogP contribution in [0, 0.1) is 12.7 Å². The van der Waals surface area contributed by atoms with Crippen LogP contribution in [0.4, 0.5) is 10.1 Å². The molecule has 0 radical (unpaired) electrons. The van der Waals surface area contributed by atoms with Crippen LogP contribution in [0.3, 0.4) is 0 Å². The van der Waals surface area contributed by atoms with Gasteiger partial charge in [-0.1, -0.05) is 0 Å². The SMILES string of the molecule is Cc1cc(N)cc(S(=O)(=O)N2CCOCC2CO)c1F. The van der Waals surface area contributed by atoms with E-state index in [1.54, 1.807) is 0 Å². The Labute approximate surface area is 117 Å². The Morgan fingerprint density at radius 3 is 2.90 bits per heavy atom. The van der Waals surface area contributed by atoms with Crippen molar-refractivity contribution in [2.75, 3.05) is 32.1 Å². The van der Waals surface area contributed by atoms with E-state index in [0.29, 0.717) is 0 Å². The third-order valence-electron chi connectivity index (χ3n) is 3.21. The fraction of sp³-hybridized carbons (Fsp3) is 0.500. The van der Waals surface area contributed by atoms with Crippen LogP contribution in [0.2, 0.25) is 0 Å². The molecule has 1 heterocycles. The molecule has 3 N–H and O–H groups in total. The molecule has 8 heteroatoms. The van der Waals surface area contributed by atoms with E-state index in [1.807, 2.05) is 0 Å². The first-order valence-corrected chi connectivity index (χ1v) is 7.58. The number of aliphatic hydroxyl groups is 1. The maximum absolute atomic E-state index is 14.1. The van der Waals surface area contributed by atoms with Crippen molar-refractivity contribution >= 4 is 15.7 Å². The van der Waals surface area contributed by atoms with Gasteiger partial charge in [-0.05, 0) is 24.6 Å². The lowest BCUT2D eigenvalue weighted by atomic mass is 10.2. The summed E-state index contributed by atoms with van der Waals surface area (Å²) in [7, 11) is -4.06. The van der Waals surface area contributed by atoms with Gasteiger partial charge in [-0.2, -0.15) is 4.31 Å². The number of anilines is 1. The Bertz CT molecular complexity index is 606. The van der Waals surface area contributed by atoms with Crippen LogP contribution in [0.5, 0.6) is 0 Å². The smallest absolute Gasteiger partial charge is 0.246 e. The monoisotopic (exact) mass is 304 g/mol. The summed E-state index contributed by atoms with van der Waals surface area (Å²) in [4.78, 5) is -0.463. The zero-order valence-corrected chi connectivity index (χ0v) is 11.9. The molecule has 1 aromatic rings. The van der Waals surface area contributed by atoms with Gasteiger partial charge in [0.25, 0.3) is 0 Å². The number of halogens is 1. The molecule has 6 nitrogen and oxygen atoms in total. The topological polar surface area (TPSA) is 92.9 Å². The molecule has 0 saturated carbocycles. The molecule has 1 fully saturated rings. The van der Waals surface area contributed by atoms with E-state index in [-0.39, 0.29) is 37.6 Å². The number of sulfonamides is 1. The van der Waals surface area contributed by atoms with Crippen molar-refractivity contribution in [2.24, 2.45) is 0 Å². The van der Waals surface area contributed by atoms with E-state index >= 15 is 0 Å². The lowest BCUT2D eigenvalue weighted by Gasteiger charge is -2.33. The van der Waals surface area contributed by atoms with Gasteiger partial charge in [0.1, 0.15) is 10.7 Å². The van der Waals surface area contributed by atoms with Gasteiger partial charge in [0.05, 0.1) is 25.9 Å². The zero-order chi connectivity index (χ0) is 14.9. The highest BCUT2D eigenvalue weighted by Gasteiger charge is 2.35. The number of ether oxygens (including phenoxy) is 1. The summed E-state index contributed by atoms with van der Waals surface area (Å²) in [5.41, 5.74) is 5.94. The number of hydrogen-bond donors (Lipinski definition) is 2. The van der Waals surface area contributed by atoms with Gasteiger partial charge in [-0.15, -0.1) is 0 Å². The minimum Gasteiger partial charge on any atom is -0.399 e. The maximum atomic E-state index is 14.1. The molecule has 0 amide bonds. The Morgan fingerprint density at radius 1 is 1.55 bits per heavy atom. The van der Waals surface area contributed by atoms with Gasteiger partial charge in [-0.3, -0.25) is 0 Å². The van der Waals surface area contributed by atoms with E-state index < -0.39 is 26.8 Å². The van der Waals surface area contributed by atoms with Crippen LogP contribution in [-0.2, 0) is 14.8 Å². The second kappa shape index (κ2) is 5.65. The lowest BCUT2D eigenvalue weighted by Crippen LogP contribution is -2.50. The number of morpholine rings is 1. The standard InChI is InChI=1S/C12H17FN2O4S/c1-8-4-9(14)5-11(12(8)13)20(17,18)15-2-3-19-7-10(15)6-16/h4-5,10,16H,2-3,6-7,14H2,1H3. The molecule has 0 aromatic heterocycles. The Balaban J connectivity index is 2.49. The number of rotatable bonds is 3. The van der Waals surface area contributed by atoms with Gasteiger partial charge >= 0.3 is 0 Å². The lowest BCUT2D eigenvalue weighted by molar-refractivity contribution is 0.0108. The highest BCUT2D eigenvalue weighted by molar-refractivity contribution is 7.89. The summed E-state index contributed by atoms with van der Waals surface area (Å²) in [6, 6.07) is 1.76. The van der Waals surface area contributed by atoms with Crippen LogP contribution in [-0.4, -0.2) is 50.2 Å². The largest absolute Gasteiger partial charge is 0.399 e. The summed E-state index contributed by atoms with van der Waals surface area (Å²) >= 11 is 0. The third-order valence-corrected chi connectivity index (χ3v) is 5.17. The minimum atomic E-state index is -4.06. The second-order valence-electron chi connectivity index (χ2n) is 4.68. The molecule has 2 rings (SSSR count). The fourth-order valence-corrected chi connectivity index (χ4v) is 3.94. The van der Waals surface area contributed by atoms with Gasteiger partial charge in [0.2, 0.25) is 10.0 Å². The summed E-state index contributed by atoms with van der Waals surface area (Å²) < 4.78 is 45.4. The first-order valence-electron chi connectivity index (χ1n) is 6.14. The van der Waals surface area contributed by atoms with E-state index in [1.165, 1.54) is 13.0 Å². The number of nitrogen functional groups attached to an aromatic ring is 1. The molecule has 112 valence electrons. The molecule has 1 atom stereocenters. The molecule has 1 aliphatic rings. The Kier molecular flexibility index (Phi) is 4.28. The summed E-state index contributed by atoms with van der Waals surface area (Å²) in [6.45, 7) is 1.42. The third kappa shape index (κ3) is 2.64. The van der Waals surface area contributed by atoms with Gasteiger partial charge in [0.15, 0.2) is 0 Å². The van der Waals surface area contributed by atoms with Gasteiger partial charge < -0.3 is 15.6 Å². The number of aliphatic hydroxyl groups excluding tert-OH is 1. The Morgan fingerprint density at radius 2 is 2.25 bits per heavy atom. The van der Waals surface area contributed by atoms with Crippen molar-refractivity contribution in [2.45, 2.75) is 17.9 Å². The first kappa shape index (κ1) is 15.2. The van der Waals surface area contributed by atoms with Crippen molar-refractivity contribution in [3.63, 3.8) is 0 Å². The Hall–Kier alpha value is -1.22. The molecule has 20 heavy (non-hydrogen) atoms. The van der Waals surface area contributed by atoms with Crippen molar-refractivity contribution in [1.82, 2.24) is 4.31 Å². The molecular weight excluding hydrogens is 287 g/mol. The predicted molar refractivity (Wildman–Crippen MR) is 71.1 cm³/mol. The molecule has 1 unspecified atom stereocenters. The second-order valence-corrected chi connectivity index (χ2v) is 6.54. The average Bonchev–Trinajstić information content (AvgIpc) is 2.42. The van der Waals surface area contributed by atoms with Crippen LogP contribution in [0.15, 0.2) is 17.0 Å². The fourth-order valence-electron chi connectivity index (χ4n) is 2.18. The summed E-state index contributed by atoms with van der Waals surface area (Å²) in [6.07, 6.45) is 0. The highest BCUT2D eigenvalue weighted by atomic mass is 32.2. The highest BCUT2D eigenvalue weighted by Crippen LogP contribution is 2.26. The number of nitrogens with two attached hydrogens (primary N) is 1. The van der Waals surface area contributed by atoms with Crippen molar-refractivity contribution in [3.8, 4) is 0 Å². The normalized spacial score (nSPS) is 21.1. The molecule has 1 aromatic carbocycles. The maximum Gasteiger partial charge on any atom is 0.246 e. The summed E-state index contributed by atoms with van der Waals surface area (Å²) in [5.74, 6) is -0.817. The summed E-state index contributed by atoms with van der Waals surface area (Å²) in [5, 5.41) is 9.25. The van der Waals surface area contributed by atoms with E-state index in [2.05, 4.69) is 0 Å². The van der Waals surface area contributed by atoms with Crippen LogP contribution < -0.4 is 5.73 Å². The van der Waals surface area contributed by atoms with Gasteiger partial charge in [-0.25, -0.2) is 12.8 Å². The molecule has 1 aliphatic heterocycles. The number of nitrogens with zero attached hydrogens (tertiary/aromatic N) is 1.